The molecule has 1 aromatic carbocycles. The van der Waals surface area contributed by atoms with Crippen LogP contribution in [0.2, 0.25) is 0 Å². The lowest BCUT2D eigenvalue weighted by Crippen LogP contribution is -2.25. The number of hydrogen-bond donors (Lipinski definition) is 2. The molecule has 0 aliphatic carbocycles. The average molecular weight is 415 g/mol. The van der Waals surface area contributed by atoms with Crippen molar-refractivity contribution in [3.05, 3.63) is 102 Å². The minimum Gasteiger partial charge on any atom is -0.466 e. The van der Waals surface area contributed by atoms with Crippen molar-refractivity contribution in [1.29, 1.82) is 0 Å². The summed E-state index contributed by atoms with van der Waals surface area (Å²) in [5.41, 5.74) is 3.10. The van der Waals surface area contributed by atoms with E-state index in [1.807, 2.05) is 56.3 Å². The molecule has 2 aromatic heterocycles. The summed E-state index contributed by atoms with van der Waals surface area (Å²) in [4.78, 5) is 21.2. The highest BCUT2D eigenvalue weighted by Gasteiger charge is 2.08. The highest BCUT2D eigenvalue weighted by Crippen LogP contribution is 2.18. The molecule has 2 heterocycles. The molecule has 3 rings (SSSR count). The van der Waals surface area contributed by atoms with Gasteiger partial charge in [0.25, 0.3) is 5.91 Å². The highest BCUT2D eigenvalue weighted by molar-refractivity contribution is 5.95. The van der Waals surface area contributed by atoms with Gasteiger partial charge in [-0.2, -0.15) is 0 Å². The SMILES string of the molecule is C=C/C(=C\C=C/C)c1cnc(Nc2cccc(C(=O)NCCc3ccc(C)o3)c2)nc1. The fourth-order valence-corrected chi connectivity index (χ4v) is 2.91. The maximum Gasteiger partial charge on any atom is 0.251 e. The highest BCUT2D eigenvalue weighted by atomic mass is 16.3. The van der Waals surface area contributed by atoms with Crippen LogP contribution in [0.5, 0.6) is 0 Å². The molecular weight excluding hydrogens is 388 g/mol. The number of carbonyl (C=O) groups excluding carboxylic acids is 1. The van der Waals surface area contributed by atoms with E-state index in [4.69, 9.17) is 4.42 Å². The maximum atomic E-state index is 12.5. The van der Waals surface area contributed by atoms with Gasteiger partial charge in [-0.3, -0.25) is 4.79 Å². The molecule has 0 atom stereocenters. The van der Waals surface area contributed by atoms with Crippen LogP contribution in [0.1, 0.15) is 34.4 Å². The lowest BCUT2D eigenvalue weighted by molar-refractivity contribution is 0.0953. The largest absolute Gasteiger partial charge is 0.466 e. The van der Waals surface area contributed by atoms with E-state index in [1.165, 1.54) is 0 Å². The standard InChI is InChI=1S/C25H26N4O2/c1-4-6-8-19(5-2)21-16-27-25(28-17-21)29-22-10-7-9-20(15-22)24(30)26-14-13-23-12-11-18(3)31-23/h4-12,15-17H,2,13-14H2,1,3H3,(H,26,30)(H,27,28,29)/b6-4-,19-8+. The van der Waals surface area contributed by atoms with Crippen LogP contribution in [0.3, 0.4) is 0 Å². The van der Waals surface area contributed by atoms with Crippen molar-refractivity contribution in [2.45, 2.75) is 20.3 Å². The van der Waals surface area contributed by atoms with Crippen LogP contribution in [-0.2, 0) is 6.42 Å². The van der Waals surface area contributed by atoms with Crippen molar-refractivity contribution in [2.75, 3.05) is 11.9 Å². The van der Waals surface area contributed by atoms with Gasteiger partial charge in [-0.05, 0) is 49.8 Å². The third-order valence-corrected chi connectivity index (χ3v) is 4.51. The third kappa shape index (κ3) is 6.27. The second-order valence-corrected chi connectivity index (χ2v) is 6.87. The fraction of sp³-hybridized carbons (Fsp3) is 0.160. The molecule has 0 spiro atoms. The number of benzene rings is 1. The van der Waals surface area contributed by atoms with Crippen molar-refractivity contribution in [1.82, 2.24) is 15.3 Å². The normalized spacial score (nSPS) is 11.5. The molecule has 0 radical (unpaired) electrons. The van der Waals surface area contributed by atoms with Gasteiger partial charge in [0.15, 0.2) is 0 Å². The fourth-order valence-electron chi connectivity index (χ4n) is 2.91. The van der Waals surface area contributed by atoms with E-state index >= 15 is 0 Å². The minimum absolute atomic E-state index is 0.145. The van der Waals surface area contributed by atoms with Gasteiger partial charge in [-0.15, -0.1) is 0 Å². The molecular formula is C25H26N4O2. The van der Waals surface area contributed by atoms with Gasteiger partial charge in [0.1, 0.15) is 11.5 Å². The molecule has 3 aromatic rings. The Balaban J connectivity index is 1.60. The first-order chi connectivity index (χ1) is 15.1. The van der Waals surface area contributed by atoms with Crippen LogP contribution in [-0.4, -0.2) is 22.4 Å². The molecule has 6 heteroatoms. The van der Waals surface area contributed by atoms with Crippen LogP contribution in [0, 0.1) is 6.92 Å². The summed E-state index contributed by atoms with van der Waals surface area (Å²) < 4.78 is 5.52. The number of allylic oxidation sites excluding steroid dienone is 5. The van der Waals surface area contributed by atoms with Crippen molar-refractivity contribution in [3.63, 3.8) is 0 Å². The Morgan fingerprint density at radius 3 is 2.65 bits per heavy atom. The Labute approximate surface area is 182 Å². The number of anilines is 2. The van der Waals surface area contributed by atoms with Crippen LogP contribution in [0.4, 0.5) is 11.6 Å². The summed E-state index contributed by atoms with van der Waals surface area (Å²) in [6.45, 7) is 8.18. The Hall–Kier alpha value is -3.93. The van der Waals surface area contributed by atoms with Crippen LogP contribution < -0.4 is 10.6 Å². The first-order valence-corrected chi connectivity index (χ1v) is 10.1. The third-order valence-electron chi connectivity index (χ3n) is 4.51. The second-order valence-electron chi connectivity index (χ2n) is 6.87. The molecule has 0 saturated heterocycles. The zero-order chi connectivity index (χ0) is 22.1. The van der Waals surface area contributed by atoms with Crippen LogP contribution in [0.15, 0.2) is 84.1 Å². The summed E-state index contributed by atoms with van der Waals surface area (Å²) in [5.74, 6) is 2.02. The van der Waals surface area contributed by atoms with Crippen molar-refractivity contribution >= 4 is 23.1 Å². The molecule has 0 aliphatic rings. The molecule has 1 amide bonds. The molecule has 0 bridgehead atoms. The van der Waals surface area contributed by atoms with Gasteiger partial charge in [-0.1, -0.05) is 36.9 Å². The number of hydrogen-bond acceptors (Lipinski definition) is 5. The lowest BCUT2D eigenvalue weighted by atomic mass is 10.1. The number of furan rings is 1. The molecule has 158 valence electrons. The monoisotopic (exact) mass is 414 g/mol. The van der Waals surface area contributed by atoms with E-state index in [0.717, 1.165) is 28.3 Å². The number of aromatic nitrogens is 2. The van der Waals surface area contributed by atoms with Gasteiger partial charge >= 0.3 is 0 Å². The Kier molecular flexibility index (Phi) is 7.54. The quantitative estimate of drug-likeness (QED) is 0.468. The summed E-state index contributed by atoms with van der Waals surface area (Å²) >= 11 is 0. The van der Waals surface area contributed by atoms with E-state index in [1.54, 1.807) is 30.6 Å². The topological polar surface area (TPSA) is 80.0 Å². The predicted molar refractivity (Wildman–Crippen MR) is 124 cm³/mol. The smallest absolute Gasteiger partial charge is 0.251 e. The molecule has 6 nitrogen and oxygen atoms in total. The van der Waals surface area contributed by atoms with Gasteiger partial charge in [0, 0.05) is 42.2 Å². The van der Waals surface area contributed by atoms with Crippen LogP contribution >= 0.6 is 0 Å². The van der Waals surface area contributed by atoms with E-state index in [2.05, 4.69) is 27.2 Å². The van der Waals surface area contributed by atoms with E-state index < -0.39 is 0 Å². The Morgan fingerprint density at radius 1 is 1.16 bits per heavy atom. The van der Waals surface area contributed by atoms with Crippen molar-refractivity contribution in [2.24, 2.45) is 0 Å². The Morgan fingerprint density at radius 2 is 1.97 bits per heavy atom. The van der Waals surface area contributed by atoms with Crippen molar-refractivity contribution in [3.8, 4) is 0 Å². The molecule has 0 fully saturated rings. The summed E-state index contributed by atoms with van der Waals surface area (Å²) in [5, 5.41) is 6.05. The minimum atomic E-state index is -0.145. The molecule has 31 heavy (non-hydrogen) atoms. The van der Waals surface area contributed by atoms with E-state index in [9.17, 15) is 4.79 Å². The van der Waals surface area contributed by atoms with E-state index in [0.29, 0.717) is 24.5 Å². The van der Waals surface area contributed by atoms with Gasteiger partial charge in [0.05, 0.1) is 0 Å². The Bertz CT molecular complexity index is 1090. The summed E-state index contributed by atoms with van der Waals surface area (Å²) in [6, 6.07) is 11.1. The zero-order valence-corrected chi connectivity index (χ0v) is 17.8. The number of rotatable bonds is 9. The molecule has 0 aliphatic heterocycles. The molecule has 2 N–H and O–H groups in total. The first-order valence-electron chi connectivity index (χ1n) is 10.1. The van der Waals surface area contributed by atoms with Gasteiger partial charge in [0.2, 0.25) is 5.95 Å². The number of nitrogens with zero attached hydrogens (tertiary/aromatic N) is 2. The maximum absolute atomic E-state index is 12.5. The lowest BCUT2D eigenvalue weighted by Gasteiger charge is -2.08. The summed E-state index contributed by atoms with van der Waals surface area (Å²) in [6.07, 6.45) is 11.7. The molecule has 0 unspecified atom stereocenters. The average Bonchev–Trinajstić information content (AvgIpc) is 3.20. The van der Waals surface area contributed by atoms with E-state index in [-0.39, 0.29) is 5.91 Å². The van der Waals surface area contributed by atoms with Crippen molar-refractivity contribution < 1.29 is 9.21 Å². The zero-order valence-electron chi connectivity index (χ0n) is 17.8. The predicted octanol–water partition coefficient (Wildman–Crippen LogP) is 5.24. The molecule has 0 saturated carbocycles. The van der Waals surface area contributed by atoms with Gasteiger partial charge in [-0.25, -0.2) is 9.97 Å². The number of carbonyl (C=O) groups is 1. The summed E-state index contributed by atoms with van der Waals surface area (Å²) in [7, 11) is 0. The number of aryl methyl sites for hydroxylation is 1. The second kappa shape index (κ2) is 10.7. The number of amides is 1. The number of nitrogens with one attached hydrogen (secondary N) is 2. The first kappa shape index (κ1) is 21.8. The van der Waals surface area contributed by atoms with Gasteiger partial charge < -0.3 is 15.1 Å². The van der Waals surface area contributed by atoms with Crippen LogP contribution in [0.25, 0.3) is 5.57 Å².